The molecule has 158 valence electrons. The fourth-order valence-electron chi connectivity index (χ4n) is 3.06. The van der Waals surface area contributed by atoms with E-state index in [9.17, 15) is 4.79 Å². The van der Waals surface area contributed by atoms with Crippen molar-refractivity contribution in [1.29, 1.82) is 0 Å². The third-order valence-electron chi connectivity index (χ3n) is 4.37. The van der Waals surface area contributed by atoms with Crippen molar-refractivity contribution in [3.63, 3.8) is 0 Å². The monoisotopic (exact) mass is 393 g/mol. The van der Waals surface area contributed by atoms with E-state index in [1.165, 1.54) is 0 Å². The number of guanidine groups is 1. The van der Waals surface area contributed by atoms with Gasteiger partial charge in [0.2, 0.25) is 5.91 Å². The summed E-state index contributed by atoms with van der Waals surface area (Å²) in [4.78, 5) is 18.8. The molecule has 28 heavy (non-hydrogen) atoms. The van der Waals surface area contributed by atoms with Crippen LogP contribution in [0.4, 0.5) is 0 Å². The van der Waals surface area contributed by atoms with Crippen molar-refractivity contribution in [2.75, 3.05) is 33.3 Å². The summed E-state index contributed by atoms with van der Waals surface area (Å²) in [6, 6.07) is 0. The number of aryl methyl sites for hydroxylation is 1. The smallest absolute Gasteiger partial charge is 0.240 e. The van der Waals surface area contributed by atoms with Gasteiger partial charge in [0, 0.05) is 38.7 Å². The molecule has 9 nitrogen and oxygen atoms in total. The minimum Gasteiger partial charge on any atom is -0.376 e. The number of carbonyl (C=O) groups is 1. The fourth-order valence-corrected chi connectivity index (χ4v) is 3.06. The van der Waals surface area contributed by atoms with E-state index in [0.717, 1.165) is 38.2 Å². The van der Waals surface area contributed by atoms with Gasteiger partial charge < -0.3 is 24.8 Å². The number of rotatable bonds is 8. The Labute approximate surface area is 167 Å². The van der Waals surface area contributed by atoms with Gasteiger partial charge in [-0.2, -0.15) is 0 Å². The third-order valence-corrected chi connectivity index (χ3v) is 4.37. The Morgan fingerprint density at radius 2 is 2.25 bits per heavy atom. The van der Waals surface area contributed by atoms with Crippen LogP contribution in [0.15, 0.2) is 11.3 Å². The van der Waals surface area contributed by atoms with Crippen molar-refractivity contribution in [2.45, 2.75) is 65.1 Å². The van der Waals surface area contributed by atoms with Gasteiger partial charge in [0.1, 0.15) is 12.2 Å². The highest BCUT2D eigenvalue weighted by Gasteiger charge is 2.19. The van der Waals surface area contributed by atoms with Gasteiger partial charge in [-0.15, -0.1) is 10.2 Å². The zero-order chi connectivity index (χ0) is 20.6. The molecule has 1 aromatic rings. The van der Waals surface area contributed by atoms with Gasteiger partial charge in [0.25, 0.3) is 0 Å². The highest BCUT2D eigenvalue weighted by molar-refractivity contribution is 5.86. The predicted octanol–water partition coefficient (Wildman–Crippen LogP) is 0.812. The number of aromatic nitrogens is 3. The normalized spacial score (nSPS) is 17.6. The summed E-state index contributed by atoms with van der Waals surface area (Å²) < 4.78 is 7.70. The van der Waals surface area contributed by atoms with Crippen LogP contribution in [0, 0.1) is 0 Å². The molecule has 1 saturated heterocycles. The Morgan fingerprint density at radius 3 is 2.89 bits per heavy atom. The summed E-state index contributed by atoms with van der Waals surface area (Å²) in [6.45, 7) is 11.0. The fraction of sp³-hybridized carbons (Fsp3) is 0.789. The van der Waals surface area contributed by atoms with E-state index >= 15 is 0 Å². The first-order chi connectivity index (χ1) is 13.3. The molecule has 2 rings (SSSR count). The van der Waals surface area contributed by atoms with Crippen LogP contribution >= 0.6 is 0 Å². The van der Waals surface area contributed by atoms with Gasteiger partial charge in [0.05, 0.1) is 19.2 Å². The summed E-state index contributed by atoms with van der Waals surface area (Å²) in [7, 11) is 1.87. The minimum absolute atomic E-state index is 0.0336. The molecule has 0 bridgehead atoms. The molecule has 1 atom stereocenters. The molecule has 1 amide bonds. The van der Waals surface area contributed by atoms with Crippen LogP contribution in [0.2, 0.25) is 0 Å². The molecule has 1 aromatic heterocycles. The number of nitrogens with one attached hydrogen (secondary N) is 2. The average molecular weight is 394 g/mol. The van der Waals surface area contributed by atoms with Crippen LogP contribution in [0.5, 0.6) is 0 Å². The van der Waals surface area contributed by atoms with Crippen molar-refractivity contribution in [1.82, 2.24) is 30.3 Å². The molecular formula is C19H35N7O2. The predicted molar refractivity (Wildman–Crippen MR) is 109 cm³/mol. The Balaban J connectivity index is 1.95. The lowest BCUT2D eigenvalue weighted by molar-refractivity contribution is -0.122. The Kier molecular flexibility index (Phi) is 8.22. The van der Waals surface area contributed by atoms with Crippen molar-refractivity contribution in [3.8, 4) is 0 Å². The van der Waals surface area contributed by atoms with E-state index in [2.05, 4.69) is 27.8 Å². The van der Waals surface area contributed by atoms with Crippen LogP contribution in [0.3, 0.4) is 0 Å². The number of aliphatic imine (C=N–C) groups is 1. The second kappa shape index (κ2) is 10.4. The summed E-state index contributed by atoms with van der Waals surface area (Å²) in [5.74, 6) is 1.62. The second-order valence-electron chi connectivity index (χ2n) is 8.17. The van der Waals surface area contributed by atoms with Gasteiger partial charge in [-0.25, -0.2) is 0 Å². The first-order valence-corrected chi connectivity index (χ1v) is 10.1. The largest absolute Gasteiger partial charge is 0.376 e. The summed E-state index contributed by atoms with van der Waals surface area (Å²) >= 11 is 0. The maximum atomic E-state index is 12.3. The van der Waals surface area contributed by atoms with Gasteiger partial charge in [0.15, 0.2) is 5.96 Å². The van der Waals surface area contributed by atoms with Crippen LogP contribution in [-0.4, -0.2) is 76.5 Å². The summed E-state index contributed by atoms with van der Waals surface area (Å²) in [5, 5.41) is 14.4. The molecule has 0 saturated carbocycles. The number of hydrogen-bond donors (Lipinski definition) is 2. The molecule has 1 fully saturated rings. The first-order valence-electron chi connectivity index (χ1n) is 10.1. The van der Waals surface area contributed by atoms with Crippen molar-refractivity contribution in [2.24, 2.45) is 4.99 Å². The molecule has 0 spiro atoms. The average Bonchev–Trinajstić information content (AvgIpc) is 3.27. The molecule has 1 aliphatic rings. The van der Waals surface area contributed by atoms with Gasteiger partial charge in [-0.1, -0.05) is 6.92 Å². The zero-order valence-electron chi connectivity index (χ0n) is 17.9. The minimum atomic E-state index is -0.259. The third kappa shape index (κ3) is 7.46. The maximum absolute atomic E-state index is 12.3. The zero-order valence-corrected chi connectivity index (χ0v) is 17.9. The van der Waals surface area contributed by atoms with Crippen LogP contribution in [-0.2, 0) is 22.5 Å². The number of ether oxygens (including phenoxy) is 1. The highest BCUT2D eigenvalue weighted by atomic mass is 16.5. The van der Waals surface area contributed by atoms with Crippen LogP contribution < -0.4 is 10.6 Å². The van der Waals surface area contributed by atoms with E-state index < -0.39 is 0 Å². The molecule has 1 aliphatic heterocycles. The highest BCUT2D eigenvalue weighted by Crippen LogP contribution is 2.12. The quantitative estimate of drug-likeness (QED) is 0.501. The van der Waals surface area contributed by atoms with Gasteiger partial charge in [-0.05, 0) is 33.6 Å². The van der Waals surface area contributed by atoms with E-state index in [-0.39, 0.29) is 24.1 Å². The molecule has 9 heteroatoms. The van der Waals surface area contributed by atoms with Crippen molar-refractivity contribution >= 4 is 11.9 Å². The molecule has 0 aromatic carbocycles. The SMILES string of the molecule is CCc1nncn1CCNC(=NCC1CCCO1)N(C)CC(=O)NC(C)(C)C. The van der Waals surface area contributed by atoms with E-state index in [4.69, 9.17) is 9.73 Å². The van der Waals surface area contributed by atoms with E-state index in [1.807, 2.05) is 37.3 Å². The first kappa shape index (κ1) is 22.1. The lowest BCUT2D eigenvalue weighted by Crippen LogP contribution is -2.49. The topological polar surface area (TPSA) is 96.7 Å². The number of likely N-dealkylation sites (N-methyl/N-ethyl adjacent to an activating group) is 1. The molecule has 0 aliphatic carbocycles. The number of hydrogen-bond acceptors (Lipinski definition) is 5. The summed E-state index contributed by atoms with van der Waals surface area (Å²) in [6.07, 6.45) is 4.86. The lowest BCUT2D eigenvalue weighted by atomic mass is 10.1. The molecule has 2 N–H and O–H groups in total. The molecule has 1 unspecified atom stereocenters. The van der Waals surface area contributed by atoms with Crippen LogP contribution in [0.1, 0.15) is 46.4 Å². The van der Waals surface area contributed by atoms with Crippen molar-refractivity contribution in [3.05, 3.63) is 12.2 Å². The Bertz CT molecular complexity index is 645. The molecular weight excluding hydrogens is 358 g/mol. The van der Waals surface area contributed by atoms with Gasteiger partial charge in [-0.3, -0.25) is 9.79 Å². The summed E-state index contributed by atoms with van der Waals surface area (Å²) in [5.41, 5.74) is -0.259. The number of amides is 1. The van der Waals surface area contributed by atoms with Crippen LogP contribution in [0.25, 0.3) is 0 Å². The second-order valence-corrected chi connectivity index (χ2v) is 8.17. The standard InChI is InChI=1S/C19H35N7O2/c1-6-16-24-22-14-26(16)10-9-20-18(21-12-15-8-7-11-28-15)25(5)13-17(27)23-19(2,3)4/h14-15H,6-13H2,1-5H3,(H,20,21)(H,23,27). The van der Waals surface area contributed by atoms with Crippen molar-refractivity contribution < 1.29 is 9.53 Å². The molecule has 0 radical (unpaired) electrons. The lowest BCUT2D eigenvalue weighted by Gasteiger charge is -2.26. The molecule has 2 heterocycles. The Morgan fingerprint density at radius 1 is 1.46 bits per heavy atom. The Hall–Kier alpha value is -2.16. The number of nitrogens with zero attached hydrogens (tertiary/aromatic N) is 5. The van der Waals surface area contributed by atoms with E-state index in [1.54, 1.807) is 6.33 Å². The van der Waals surface area contributed by atoms with Gasteiger partial charge >= 0.3 is 0 Å². The maximum Gasteiger partial charge on any atom is 0.240 e. The van der Waals surface area contributed by atoms with E-state index in [0.29, 0.717) is 19.0 Å². The number of carbonyl (C=O) groups excluding carboxylic acids is 1.